The Hall–Kier alpha value is -2.47. The maximum atomic E-state index is 11.7. The molecule has 2 N–H and O–H groups in total. The molecule has 3 heterocycles. The molecule has 1 aromatic heterocycles. The van der Waals surface area contributed by atoms with Gasteiger partial charge < -0.3 is 15.5 Å². The third-order valence-corrected chi connectivity index (χ3v) is 5.09. The highest BCUT2D eigenvalue weighted by Crippen LogP contribution is 2.34. The molecular formula is C19H23N5O. The zero-order valence-corrected chi connectivity index (χ0v) is 14.3. The Morgan fingerprint density at radius 3 is 2.56 bits per heavy atom. The first-order chi connectivity index (χ1) is 12.2. The smallest absolute Gasteiger partial charge is 0.159 e. The van der Waals surface area contributed by atoms with Gasteiger partial charge in [-0.3, -0.25) is 4.79 Å². The Morgan fingerprint density at radius 1 is 1.20 bits per heavy atom. The van der Waals surface area contributed by atoms with E-state index in [2.05, 4.69) is 38.7 Å². The summed E-state index contributed by atoms with van der Waals surface area (Å²) in [7, 11) is 0. The van der Waals surface area contributed by atoms with E-state index in [1.807, 2.05) is 6.07 Å². The number of fused-ring (bicyclic) bond motifs is 1. The number of aromatic nitrogens is 2. The van der Waals surface area contributed by atoms with Crippen LogP contribution in [0.15, 0.2) is 30.9 Å². The van der Waals surface area contributed by atoms with Crippen molar-refractivity contribution in [2.24, 2.45) is 5.73 Å². The maximum Gasteiger partial charge on any atom is 0.159 e. The van der Waals surface area contributed by atoms with Crippen LogP contribution in [-0.2, 0) is 11.2 Å². The largest absolute Gasteiger partial charge is 0.354 e. The van der Waals surface area contributed by atoms with E-state index in [9.17, 15) is 4.79 Å². The number of benzene rings is 1. The summed E-state index contributed by atoms with van der Waals surface area (Å²) in [5.74, 6) is 1.84. The summed E-state index contributed by atoms with van der Waals surface area (Å²) in [4.78, 5) is 16.2. The number of hydrogen-bond donors (Lipinski definition) is 1. The van der Waals surface area contributed by atoms with Crippen molar-refractivity contribution in [2.45, 2.75) is 25.3 Å². The summed E-state index contributed by atoms with van der Waals surface area (Å²) < 4.78 is 0. The Bertz CT molecular complexity index is 830. The van der Waals surface area contributed by atoms with E-state index in [4.69, 9.17) is 5.73 Å². The van der Waals surface area contributed by atoms with Crippen LogP contribution in [0, 0.1) is 0 Å². The predicted octanol–water partition coefficient (Wildman–Crippen LogP) is 1.67. The fraction of sp³-hybridized carbons (Fsp3) is 0.421. The van der Waals surface area contributed by atoms with Gasteiger partial charge in [-0.25, -0.2) is 0 Å². The average molecular weight is 337 g/mol. The van der Waals surface area contributed by atoms with E-state index in [1.54, 1.807) is 0 Å². The second-order valence-corrected chi connectivity index (χ2v) is 6.91. The van der Waals surface area contributed by atoms with Gasteiger partial charge in [-0.15, -0.1) is 10.2 Å². The molecule has 4 rings (SSSR count). The van der Waals surface area contributed by atoms with Crippen LogP contribution >= 0.6 is 0 Å². The third-order valence-electron chi connectivity index (χ3n) is 5.09. The van der Waals surface area contributed by atoms with Crippen molar-refractivity contribution >= 4 is 28.2 Å². The lowest BCUT2D eigenvalue weighted by Gasteiger charge is -2.33. The van der Waals surface area contributed by atoms with Crippen LogP contribution in [0.5, 0.6) is 0 Å². The minimum absolute atomic E-state index is 0.0256. The van der Waals surface area contributed by atoms with Crippen LogP contribution in [0.3, 0.4) is 0 Å². The standard InChI is InChI=1S/C19H23N5O/c1-2-15(25)10-13-4-5-16-17(11-13)19(23-7-3-8-23)22-21-18(16)24-9-6-14(20)12-24/h2,4-5,11,14H,1,3,6-10,12,20H2/t14-/m1/s1. The summed E-state index contributed by atoms with van der Waals surface area (Å²) in [6.45, 7) is 7.29. The molecule has 0 spiro atoms. The molecule has 0 aliphatic carbocycles. The maximum absolute atomic E-state index is 11.7. The van der Waals surface area contributed by atoms with Crippen LogP contribution in [-0.4, -0.2) is 48.2 Å². The minimum Gasteiger partial charge on any atom is -0.354 e. The number of allylic oxidation sites excluding steroid dienone is 1. The first-order valence-corrected chi connectivity index (χ1v) is 8.86. The van der Waals surface area contributed by atoms with E-state index in [0.717, 1.165) is 60.6 Å². The van der Waals surface area contributed by atoms with Gasteiger partial charge in [-0.05, 0) is 30.5 Å². The van der Waals surface area contributed by atoms with Gasteiger partial charge in [0.05, 0.1) is 0 Å². The summed E-state index contributed by atoms with van der Waals surface area (Å²) in [5, 5.41) is 11.2. The van der Waals surface area contributed by atoms with E-state index < -0.39 is 0 Å². The molecule has 0 amide bonds. The zero-order chi connectivity index (χ0) is 17.4. The monoisotopic (exact) mass is 337 g/mol. The predicted molar refractivity (Wildman–Crippen MR) is 100 cm³/mol. The molecule has 0 saturated carbocycles. The molecule has 2 aliphatic rings. The Morgan fingerprint density at radius 2 is 1.96 bits per heavy atom. The van der Waals surface area contributed by atoms with E-state index in [0.29, 0.717) is 6.42 Å². The fourth-order valence-electron chi connectivity index (χ4n) is 3.53. The molecule has 2 saturated heterocycles. The Balaban J connectivity index is 1.80. The normalized spacial score (nSPS) is 20.0. The molecule has 0 radical (unpaired) electrons. The molecule has 6 heteroatoms. The second kappa shape index (κ2) is 6.44. The van der Waals surface area contributed by atoms with Crippen molar-refractivity contribution in [3.63, 3.8) is 0 Å². The molecule has 0 unspecified atom stereocenters. The van der Waals surface area contributed by atoms with Crippen LogP contribution in [0.25, 0.3) is 10.8 Å². The lowest BCUT2D eigenvalue weighted by Crippen LogP contribution is -2.38. The molecule has 25 heavy (non-hydrogen) atoms. The SMILES string of the molecule is C=CC(=O)Cc1ccc2c(N3CC[C@@H](N)C3)nnc(N3CCC3)c2c1. The molecule has 6 nitrogen and oxygen atoms in total. The first-order valence-electron chi connectivity index (χ1n) is 8.86. The van der Waals surface area contributed by atoms with Crippen LogP contribution in [0.2, 0.25) is 0 Å². The number of ketones is 1. The second-order valence-electron chi connectivity index (χ2n) is 6.91. The molecule has 1 atom stereocenters. The molecular weight excluding hydrogens is 314 g/mol. The summed E-state index contributed by atoms with van der Waals surface area (Å²) in [6, 6.07) is 6.35. The summed E-state index contributed by atoms with van der Waals surface area (Å²) in [6.07, 6.45) is 3.90. The lowest BCUT2D eigenvalue weighted by molar-refractivity contribution is -0.114. The fourth-order valence-corrected chi connectivity index (χ4v) is 3.53. The minimum atomic E-state index is 0.0256. The van der Waals surface area contributed by atoms with Crippen molar-refractivity contribution in [3.8, 4) is 0 Å². The highest BCUT2D eigenvalue weighted by Gasteiger charge is 2.25. The van der Waals surface area contributed by atoms with E-state index >= 15 is 0 Å². The number of anilines is 2. The van der Waals surface area contributed by atoms with Gasteiger partial charge in [0.25, 0.3) is 0 Å². The highest BCUT2D eigenvalue weighted by molar-refractivity contribution is 6.00. The van der Waals surface area contributed by atoms with Crippen molar-refractivity contribution in [3.05, 3.63) is 36.4 Å². The molecule has 2 aromatic rings. The number of nitrogens with two attached hydrogens (primary N) is 1. The van der Waals surface area contributed by atoms with Gasteiger partial charge in [-0.1, -0.05) is 18.7 Å². The molecule has 2 fully saturated rings. The van der Waals surface area contributed by atoms with Crippen LogP contribution in [0.1, 0.15) is 18.4 Å². The Labute approximate surface area is 147 Å². The first kappa shape index (κ1) is 16.0. The lowest BCUT2D eigenvalue weighted by atomic mass is 10.0. The number of carbonyl (C=O) groups is 1. The van der Waals surface area contributed by atoms with Gasteiger partial charge in [0.2, 0.25) is 0 Å². The zero-order valence-electron chi connectivity index (χ0n) is 14.3. The van der Waals surface area contributed by atoms with Crippen LogP contribution in [0.4, 0.5) is 11.6 Å². The van der Waals surface area contributed by atoms with E-state index in [1.165, 1.54) is 12.5 Å². The number of carbonyl (C=O) groups excluding carboxylic acids is 1. The van der Waals surface area contributed by atoms with Gasteiger partial charge in [-0.2, -0.15) is 0 Å². The number of nitrogens with zero attached hydrogens (tertiary/aromatic N) is 4. The quantitative estimate of drug-likeness (QED) is 0.837. The van der Waals surface area contributed by atoms with Gasteiger partial charge >= 0.3 is 0 Å². The summed E-state index contributed by atoms with van der Waals surface area (Å²) >= 11 is 0. The van der Waals surface area contributed by atoms with Gasteiger partial charge in [0, 0.05) is 49.4 Å². The number of rotatable bonds is 5. The Kier molecular flexibility index (Phi) is 4.13. The van der Waals surface area contributed by atoms with Crippen molar-refractivity contribution in [1.82, 2.24) is 10.2 Å². The van der Waals surface area contributed by atoms with Gasteiger partial charge in [0.15, 0.2) is 17.4 Å². The topological polar surface area (TPSA) is 75.3 Å². The average Bonchev–Trinajstić information content (AvgIpc) is 2.99. The molecule has 0 bridgehead atoms. The highest BCUT2D eigenvalue weighted by atomic mass is 16.1. The van der Waals surface area contributed by atoms with Crippen molar-refractivity contribution in [1.29, 1.82) is 0 Å². The molecule has 1 aromatic carbocycles. The van der Waals surface area contributed by atoms with Crippen molar-refractivity contribution < 1.29 is 4.79 Å². The summed E-state index contributed by atoms with van der Waals surface area (Å²) in [5.41, 5.74) is 7.05. The third kappa shape index (κ3) is 2.98. The molecule has 130 valence electrons. The van der Waals surface area contributed by atoms with Gasteiger partial charge in [0.1, 0.15) is 0 Å². The number of hydrogen-bond acceptors (Lipinski definition) is 6. The molecule has 2 aliphatic heterocycles. The van der Waals surface area contributed by atoms with Crippen LogP contribution < -0.4 is 15.5 Å². The van der Waals surface area contributed by atoms with E-state index in [-0.39, 0.29) is 11.8 Å². The van der Waals surface area contributed by atoms with Crippen molar-refractivity contribution in [2.75, 3.05) is 36.0 Å².